The highest BCUT2D eigenvalue weighted by atomic mass is 19.4. The first kappa shape index (κ1) is 15.6. The van der Waals surface area contributed by atoms with Crippen LogP contribution in [-0.2, 0) is 11.2 Å². The van der Waals surface area contributed by atoms with E-state index in [4.69, 9.17) is 5.73 Å². The number of rotatable bonds is 3. The van der Waals surface area contributed by atoms with E-state index in [1.165, 1.54) is 17.0 Å². The SMILES string of the molecule is N[C@H]1CN(C(=O)Cc2ccc(OC(F)(F)F)cc2)C[C@@H]1O. The van der Waals surface area contributed by atoms with Crippen LogP contribution in [0.15, 0.2) is 24.3 Å². The third-order valence-corrected chi connectivity index (χ3v) is 3.20. The quantitative estimate of drug-likeness (QED) is 0.860. The van der Waals surface area contributed by atoms with Crippen molar-refractivity contribution in [1.29, 1.82) is 0 Å². The first-order chi connectivity index (χ1) is 9.74. The van der Waals surface area contributed by atoms with Gasteiger partial charge in [-0.25, -0.2) is 0 Å². The normalized spacial score (nSPS) is 22.4. The van der Waals surface area contributed by atoms with Crippen LogP contribution in [0.3, 0.4) is 0 Å². The number of ether oxygens (including phenoxy) is 1. The Kier molecular flexibility index (Phi) is 4.38. The van der Waals surface area contributed by atoms with Crippen molar-refractivity contribution < 1.29 is 27.8 Å². The van der Waals surface area contributed by atoms with Gasteiger partial charge in [0.05, 0.1) is 12.5 Å². The zero-order chi connectivity index (χ0) is 15.6. The summed E-state index contributed by atoms with van der Waals surface area (Å²) >= 11 is 0. The van der Waals surface area contributed by atoms with Gasteiger partial charge < -0.3 is 20.5 Å². The summed E-state index contributed by atoms with van der Waals surface area (Å²) in [4.78, 5) is 13.4. The first-order valence-electron chi connectivity index (χ1n) is 6.31. The topological polar surface area (TPSA) is 75.8 Å². The minimum atomic E-state index is -4.74. The number of aliphatic hydroxyl groups excluding tert-OH is 1. The van der Waals surface area contributed by atoms with Gasteiger partial charge in [-0.1, -0.05) is 12.1 Å². The molecule has 8 heteroatoms. The van der Waals surface area contributed by atoms with Gasteiger partial charge in [0.1, 0.15) is 5.75 Å². The average Bonchev–Trinajstić information content (AvgIpc) is 2.70. The summed E-state index contributed by atoms with van der Waals surface area (Å²) in [5.74, 6) is -0.566. The molecule has 0 unspecified atom stereocenters. The maximum absolute atomic E-state index is 12.0. The Bertz CT molecular complexity index is 494. The van der Waals surface area contributed by atoms with Gasteiger partial charge in [0.25, 0.3) is 0 Å². The van der Waals surface area contributed by atoms with E-state index in [2.05, 4.69) is 4.74 Å². The number of carbonyl (C=O) groups is 1. The van der Waals surface area contributed by atoms with E-state index in [1.54, 1.807) is 0 Å². The molecule has 0 bridgehead atoms. The van der Waals surface area contributed by atoms with Crippen molar-refractivity contribution in [3.05, 3.63) is 29.8 Å². The van der Waals surface area contributed by atoms with Crippen molar-refractivity contribution in [3.8, 4) is 5.75 Å². The number of carbonyl (C=O) groups excluding carboxylic acids is 1. The van der Waals surface area contributed by atoms with E-state index in [0.717, 1.165) is 12.1 Å². The predicted octanol–water partition coefficient (Wildman–Crippen LogP) is 0.658. The number of hydrogen-bond acceptors (Lipinski definition) is 4. The number of β-amino-alcohol motifs (C(OH)–C–C–N with tert-alkyl or cyclic N) is 1. The zero-order valence-electron chi connectivity index (χ0n) is 11.0. The molecule has 1 aliphatic heterocycles. The molecule has 0 saturated carbocycles. The summed E-state index contributed by atoms with van der Waals surface area (Å²) in [6.07, 6.45) is -5.44. The number of nitrogens with two attached hydrogens (primary N) is 1. The summed E-state index contributed by atoms with van der Waals surface area (Å²) in [7, 11) is 0. The van der Waals surface area contributed by atoms with Crippen molar-refractivity contribution in [1.82, 2.24) is 4.90 Å². The molecular weight excluding hydrogens is 289 g/mol. The molecule has 0 spiro atoms. The molecule has 21 heavy (non-hydrogen) atoms. The fourth-order valence-electron chi connectivity index (χ4n) is 2.11. The van der Waals surface area contributed by atoms with E-state index < -0.39 is 18.5 Å². The molecule has 1 aliphatic rings. The Hall–Kier alpha value is -1.80. The number of amides is 1. The predicted molar refractivity (Wildman–Crippen MR) is 67.4 cm³/mol. The molecule has 1 aromatic carbocycles. The molecule has 0 aliphatic carbocycles. The molecule has 1 fully saturated rings. The molecule has 1 aromatic rings. The number of benzene rings is 1. The highest BCUT2D eigenvalue weighted by molar-refractivity contribution is 5.79. The number of hydrogen-bond donors (Lipinski definition) is 2. The van der Waals surface area contributed by atoms with Crippen LogP contribution in [-0.4, -0.2) is 47.5 Å². The highest BCUT2D eigenvalue weighted by Crippen LogP contribution is 2.23. The van der Waals surface area contributed by atoms with Crippen LogP contribution >= 0.6 is 0 Å². The molecule has 116 valence electrons. The van der Waals surface area contributed by atoms with Crippen LogP contribution in [0, 0.1) is 0 Å². The Morgan fingerprint density at radius 1 is 1.33 bits per heavy atom. The number of likely N-dealkylation sites (tertiary alicyclic amines) is 1. The van der Waals surface area contributed by atoms with Gasteiger partial charge in [-0.15, -0.1) is 13.2 Å². The van der Waals surface area contributed by atoms with Crippen molar-refractivity contribution >= 4 is 5.91 Å². The Morgan fingerprint density at radius 3 is 2.43 bits per heavy atom. The van der Waals surface area contributed by atoms with Crippen LogP contribution < -0.4 is 10.5 Å². The Balaban J connectivity index is 1.93. The van der Waals surface area contributed by atoms with Crippen molar-refractivity contribution in [3.63, 3.8) is 0 Å². The van der Waals surface area contributed by atoms with Crippen molar-refractivity contribution in [2.45, 2.75) is 24.9 Å². The number of alkyl halides is 3. The van der Waals surface area contributed by atoms with Crippen LogP contribution in [0.1, 0.15) is 5.56 Å². The summed E-state index contributed by atoms with van der Waals surface area (Å²) < 4.78 is 39.8. The van der Waals surface area contributed by atoms with E-state index in [0.29, 0.717) is 5.56 Å². The van der Waals surface area contributed by atoms with Crippen LogP contribution in [0.2, 0.25) is 0 Å². The van der Waals surface area contributed by atoms with Gasteiger partial charge >= 0.3 is 6.36 Å². The third kappa shape index (κ3) is 4.33. The van der Waals surface area contributed by atoms with Gasteiger partial charge in [-0.3, -0.25) is 4.79 Å². The smallest absolute Gasteiger partial charge is 0.406 e. The van der Waals surface area contributed by atoms with E-state index in [1.807, 2.05) is 0 Å². The minimum absolute atomic E-state index is 0.0335. The van der Waals surface area contributed by atoms with Crippen LogP contribution in [0.25, 0.3) is 0 Å². The highest BCUT2D eigenvalue weighted by Gasteiger charge is 2.32. The average molecular weight is 304 g/mol. The lowest BCUT2D eigenvalue weighted by molar-refractivity contribution is -0.274. The minimum Gasteiger partial charge on any atom is -0.406 e. The van der Waals surface area contributed by atoms with E-state index in [9.17, 15) is 23.1 Å². The summed E-state index contributed by atoms with van der Waals surface area (Å²) in [5.41, 5.74) is 6.17. The second-order valence-electron chi connectivity index (χ2n) is 4.90. The molecule has 0 radical (unpaired) electrons. The second-order valence-corrected chi connectivity index (χ2v) is 4.90. The second kappa shape index (κ2) is 5.90. The molecule has 1 heterocycles. The molecule has 2 rings (SSSR count). The van der Waals surface area contributed by atoms with Crippen LogP contribution in [0.4, 0.5) is 13.2 Å². The van der Waals surface area contributed by atoms with Gasteiger partial charge in [0.2, 0.25) is 5.91 Å². The molecule has 3 N–H and O–H groups in total. The molecule has 0 aromatic heterocycles. The zero-order valence-corrected chi connectivity index (χ0v) is 11.0. The summed E-state index contributed by atoms with van der Waals surface area (Å²) in [5, 5.41) is 9.49. The van der Waals surface area contributed by atoms with Crippen molar-refractivity contribution in [2.24, 2.45) is 5.73 Å². The molecule has 2 atom stereocenters. The van der Waals surface area contributed by atoms with Crippen LogP contribution in [0.5, 0.6) is 5.75 Å². The number of nitrogens with zero attached hydrogens (tertiary/aromatic N) is 1. The first-order valence-corrected chi connectivity index (χ1v) is 6.31. The van der Waals surface area contributed by atoms with E-state index in [-0.39, 0.29) is 31.2 Å². The number of aliphatic hydroxyl groups is 1. The third-order valence-electron chi connectivity index (χ3n) is 3.20. The lowest BCUT2D eigenvalue weighted by atomic mass is 10.1. The van der Waals surface area contributed by atoms with E-state index >= 15 is 0 Å². The Labute approximate surface area is 119 Å². The number of halogens is 3. The maximum Gasteiger partial charge on any atom is 0.573 e. The lowest BCUT2D eigenvalue weighted by Gasteiger charge is -2.15. The fourth-order valence-corrected chi connectivity index (χ4v) is 2.11. The van der Waals surface area contributed by atoms with Gasteiger partial charge in [-0.05, 0) is 17.7 Å². The standard InChI is InChI=1S/C13H15F3N2O3/c14-13(15,16)21-9-3-1-8(2-4-9)5-12(20)18-6-10(17)11(19)7-18/h1-4,10-11,19H,5-7,17H2/t10-,11-/m0/s1. The largest absolute Gasteiger partial charge is 0.573 e. The molecular formula is C13H15F3N2O3. The lowest BCUT2D eigenvalue weighted by Crippen LogP contribution is -2.33. The van der Waals surface area contributed by atoms with Gasteiger partial charge in [0.15, 0.2) is 0 Å². The van der Waals surface area contributed by atoms with Gasteiger partial charge in [0, 0.05) is 19.1 Å². The molecule has 1 amide bonds. The fraction of sp³-hybridized carbons (Fsp3) is 0.462. The Morgan fingerprint density at radius 2 is 1.95 bits per heavy atom. The maximum atomic E-state index is 12.0. The van der Waals surface area contributed by atoms with Crippen molar-refractivity contribution in [2.75, 3.05) is 13.1 Å². The monoisotopic (exact) mass is 304 g/mol. The summed E-state index contributed by atoms with van der Waals surface area (Å²) in [6.45, 7) is 0.449. The molecule has 5 nitrogen and oxygen atoms in total. The molecule has 1 saturated heterocycles. The summed E-state index contributed by atoms with van der Waals surface area (Å²) in [6, 6.07) is 4.63. The van der Waals surface area contributed by atoms with Gasteiger partial charge in [-0.2, -0.15) is 0 Å².